The van der Waals surface area contributed by atoms with Gasteiger partial charge in [-0.25, -0.2) is 4.79 Å². The highest BCUT2D eigenvalue weighted by Crippen LogP contribution is 2.38. The third kappa shape index (κ3) is 2.89. The van der Waals surface area contributed by atoms with Gasteiger partial charge in [-0.15, -0.1) is 0 Å². The van der Waals surface area contributed by atoms with E-state index in [2.05, 4.69) is 5.32 Å². The Kier molecular flexibility index (Phi) is 3.98. The first-order valence-electron chi connectivity index (χ1n) is 5.21. The number of rotatable bonds is 0. The minimum atomic E-state index is -4.48. The Bertz CT molecular complexity index is 404. The molecule has 1 aromatic carbocycles. The van der Waals surface area contributed by atoms with Gasteiger partial charge in [-0.05, 0) is 6.07 Å². The molecule has 1 aromatic rings. The summed E-state index contributed by atoms with van der Waals surface area (Å²) in [4.78, 5) is 11.0. The standard InChI is InChI=1S/C9H7F3N2O.C2H6/c10-9(11,12)7-5-3-1-2-4-6(5)13-8(15)14-7;1-2/h1-4,7H,(H2,13,14,15);1-2H3/t7-;/m0./s1. The number of halogens is 3. The van der Waals surface area contributed by atoms with Crippen molar-refractivity contribution in [1.29, 1.82) is 0 Å². The summed E-state index contributed by atoms with van der Waals surface area (Å²) in [7, 11) is 0. The van der Waals surface area contributed by atoms with Crippen LogP contribution in [0.25, 0.3) is 0 Å². The molecule has 2 N–H and O–H groups in total. The summed E-state index contributed by atoms with van der Waals surface area (Å²) in [5, 5.41) is 4.15. The predicted octanol–water partition coefficient (Wildman–Crippen LogP) is 3.45. The molecule has 1 atom stereocenters. The first-order valence-corrected chi connectivity index (χ1v) is 5.21. The maximum Gasteiger partial charge on any atom is 0.413 e. The van der Waals surface area contributed by atoms with Gasteiger partial charge < -0.3 is 10.6 Å². The molecule has 0 unspecified atom stereocenters. The van der Waals surface area contributed by atoms with Gasteiger partial charge in [0.15, 0.2) is 6.04 Å². The van der Waals surface area contributed by atoms with Crippen molar-refractivity contribution < 1.29 is 18.0 Å². The number of benzene rings is 1. The van der Waals surface area contributed by atoms with Crippen molar-refractivity contribution in [2.24, 2.45) is 0 Å². The highest BCUT2D eigenvalue weighted by atomic mass is 19.4. The molecular formula is C11H13F3N2O. The number of carbonyl (C=O) groups excluding carboxylic acids is 1. The van der Waals surface area contributed by atoms with Crippen molar-refractivity contribution in [3.63, 3.8) is 0 Å². The quantitative estimate of drug-likeness (QED) is 0.723. The summed E-state index contributed by atoms with van der Waals surface area (Å²) >= 11 is 0. The zero-order valence-corrected chi connectivity index (χ0v) is 9.43. The second-order valence-corrected chi connectivity index (χ2v) is 3.16. The molecule has 0 bridgehead atoms. The van der Waals surface area contributed by atoms with E-state index in [0.29, 0.717) is 0 Å². The monoisotopic (exact) mass is 246 g/mol. The number of hydrogen-bond donors (Lipinski definition) is 2. The minimum Gasteiger partial charge on any atom is -0.322 e. The van der Waals surface area contributed by atoms with Gasteiger partial charge in [0.1, 0.15) is 0 Å². The van der Waals surface area contributed by atoms with E-state index in [0.717, 1.165) is 0 Å². The van der Waals surface area contributed by atoms with E-state index in [9.17, 15) is 18.0 Å². The molecule has 1 aliphatic rings. The van der Waals surface area contributed by atoms with Crippen molar-refractivity contribution in [3.05, 3.63) is 29.8 Å². The van der Waals surface area contributed by atoms with Crippen LogP contribution in [0.5, 0.6) is 0 Å². The first kappa shape index (κ1) is 13.3. The van der Waals surface area contributed by atoms with Crippen LogP contribution in [-0.4, -0.2) is 12.2 Å². The number of carbonyl (C=O) groups is 1. The fourth-order valence-corrected chi connectivity index (χ4v) is 1.49. The maximum absolute atomic E-state index is 12.6. The molecule has 94 valence electrons. The largest absolute Gasteiger partial charge is 0.413 e. The summed E-state index contributed by atoms with van der Waals surface area (Å²) in [5.41, 5.74) is 0.230. The molecule has 0 saturated heterocycles. The molecule has 1 aliphatic heterocycles. The van der Waals surface area contributed by atoms with E-state index in [1.54, 1.807) is 6.07 Å². The number of urea groups is 1. The number of alkyl halides is 3. The molecule has 0 radical (unpaired) electrons. The number of para-hydroxylation sites is 1. The molecule has 0 saturated carbocycles. The summed E-state index contributed by atoms with van der Waals surface area (Å²) in [6, 6.07) is 3.07. The predicted molar refractivity (Wildman–Crippen MR) is 58.7 cm³/mol. The van der Waals surface area contributed by atoms with Gasteiger partial charge in [-0.1, -0.05) is 32.0 Å². The molecule has 0 spiro atoms. The Balaban J connectivity index is 0.000000686. The van der Waals surface area contributed by atoms with E-state index in [1.165, 1.54) is 18.2 Å². The summed E-state index contributed by atoms with van der Waals surface area (Å²) in [6.45, 7) is 4.00. The molecule has 0 aliphatic carbocycles. The van der Waals surface area contributed by atoms with Crippen LogP contribution in [0, 0.1) is 0 Å². The number of amides is 2. The van der Waals surface area contributed by atoms with Crippen LogP contribution in [0.2, 0.25) is 0 Å². The van der Waals surface area contributed by atoms with E-state index in [1.807, 2.05) is 19.2 Å². The normalized spacial score (nSPS) is 18.2. The van der Waals surface area contributed by atoms with Crippen LogP contribution in [0.1, 0.15) is 25.5 Å². The van der Waals surface area contributed by atoms with Crippen LogP contribution >= 0.6 is 0 Å². The maximum atomic E-state index is 12.6. The first-order chi connectivity index (χ1) is 7.98. The Morgan fingerprint density at radius 1 is 1.18 bits per heavy atom. The highest BCUT2D eigenvalue weighted by molar-refractivity contribution is 5.93. The van der Waals surface area contributed by atoms with Gasteiger partial charge in [0.2, 0.25) is 0 Å². The Morgan fingerprint density at radius 3 is 2.35 bits per heavy atom. The Labute approximate surface area is 97.0 Å². The molecule has 2 rings (SSSR count). The average molecular weight is 246 g/mol. The third-order valence-electron chi connectivity index (χ3n) is 2.12. The van der Waals surface area contributed by atoms with E-state index in [-0.39, 0.29) is 11.3 Å². The molecule has 0 aromatic heterocycles. The molecule has 6 heteroatoms. The smallest absolute Gasteiger partial charge is 0.322 e. The Hall–Kier alpha value is -1.72. The molecular weight excluding hydrogens is 233 g/mol. The number of hydrogen-bond acceptors (Lipinski definition) is 1. The van der Waals surface area contributed by atoms with Crippen molar-refractivity contribution in [2.75, 3.05) is 5.32 Å². The van der Waals surface area contributed by atoms with Crippen LogP contribution in [0.4, 0.5) is 23.7 Å². The van der Waals surface area contributed by atoms with Gasteiger partial charge in [-0.3, -0.25) is 0 Å². The van der Waals surface area contributed by atoms with Gasteiger partial charge >= 0.3 is 12.2 Å². The SMILES string of the molecule is CC.O=C1Nc2ccccc2[C@@H](C(F)(F)F)N1. The zero-order valence-electron chi connectivity index (χ0n) is 9.43. The lowest BCUT2D eigenvalue weighted by Crippen LogP contribution is -2.44. The van der Waals surface area contributed by atoms with Gasteiger partial charge in [0, 0.05) is 11.3 Å². The summed E-state index contributed by atoms with van der Waals surface area (Å²) < 4.78 is 37.7. The summed E-state index contributed by atoms with van der Waals surface area (Å²) in [6.07, 6.45) is -4.48. The second kappa shape index (κ2) is 5.07. The lowest BCUT2D eigenvalue weighted by molar-refractivity contribution is -0.155. The number of fused-ring (bicyclic) bond motifs is 1. The molecule has 17 heavy (non-hydrogen) atoms. The number of nitrogens with one attached hydrogen (secondary N) is 2. The average Bonchev–Trinajstić information content (AvgIpc) is 2.29. The van der Waals surface area contributed by atoms with E-state index >= 15 is 0 Å². The molecule has 2 amide bonds. The fraction of sp³-hybridized carbons (Fsp3) is 0.364. The van der Waals surface area contributed by atoms with E-state index in [4.69, 9.17) is 0 Å². The van der Waals surface area contributed by atoms with Crippen molar-refractivity contribution >= 4 is 11.7 Å². The van der Waals surface area contributed by atoms with Gasteiger partial charge in [0.05, 0.1) is 0 Å². The lowest BCUT2D eigenvalue weighted by atomic mass is 10.0. The zero-order chi connectivity index (χ0) is 13.1. The molecule has 0 fully saturated rings. The summed E-state index contributed by atoms with van der Waals surface area (Å²) in [5.74, 6) is 0. The van der Waals surface area contributed by atoms with Crippen molar-refractivity contribution in [3.8, 4) is 0 Å². The Morgan fingerprint density at radius 2 is 1.76 bits per heavy atom. The third-order valence-corrected chi connectivity index (χ3v) is 2.12. The van der Waals surface area contributed by atoms with Crippen molar-refractivity contribution in [2.45, 2.75) is 26.1 Å². The van der Waals surface area contributed by atoms with Crippen LogP contribution < -0.4 is 10.6 Å². The van der Waals surface area contributed by atoms with Crippen molar-refractivity contribution in [1.82, 2.24) is 5.32 Å². The fourth-order valence-electron chi connectivity index (χ4n) is 1.49. The topological polar surface area (TPSA) is 41.1 Å². The lowest BCUT2D eigenvalue weighted by Gasteiger charge is -2.28. The van der Waals surface area contributed by atoms with Gasteiger partial charge in [-0.2, -0.15) is 13.2 Å². The van der Waals surface area contributed by atoms with E-state index < -0.39 is 18.2 Å². The highest BCUT2D eigenvalue weighted by Gasteiger charge is 2.44. The molecule has 1 heterocycles. The minimum absolute atomic E-state index is 0.0320. The van der Waals surface area contributed by atoms with Gasteiger partial charge in [0.25, 0.3) is 0 Å². The number of anilines is 1. The second-order valence-electron chi connectivity index (χ2n) is 3.16. The molecule has 3 nitrogen and oxygen atoms in total. The van der Waals surface area contributed by atoms with Crippen LogP contribution in [0.3, 0.4) is 0 Å². The van der Waals surface area contributed by atoms with Crippen LogP contribution in [0.15, 0.2) is 24.3 Å². The van der Waals surface area contributed by atoms with Crippen LogP contribution in [-0.2, 0) is 0 Å².